The summed E-state index contributed by atoms with van der Waals surface area (Å²) in [6.07, 6.45) is 8.77. The van der Waals surface area contributed by atoms with Gasteiger partial charge in [-0.3, -0.25) is 0 Å². The van der Waals surface area contributed by atoms with Gasteiger partial charge < -0.3 is 9.67 Å². The van der Waals surface area contributed by atoms with Crippen molar-refractivity contribution in [2.24, 2.45) is 5.92 Å². The van der Waals surface area contributed by atoms with Crippen LogP contribution in [-0.2, 0) is 13.0 Å². The fraction of sp³-hybridized carbons (Fsp3) is 0.769. The summed E-state index contributed by atoms with van der Waals surface area (Å²) in [7, 11) is 0. The standard InChI is InChI=1S/C13H22N2O/c1-3-15-8-7-14-12(15)10-13(16)6-4-5-11(2)9-13/h7-8,11,16H,3-6,9-10H2,1-2H3. The third-order valence-electron chi connectivity index (χ3n) is 3.70. The Balaban J connectivity index is 2.08. The lowest BCUT2D eigenvalue weighted by Crippen LogP contribution is -2.37. The fourth-order valence-electron chi connectivity index (χ4n) is 2.88. The lowest BCUT2D eigenvalue weighted by molar-refractivity contribution is -0.0145. The number of hydrogen-bond acceptors (Lipinski definition) is 2. The molecule has 0 radical (unpaired) electrons. The van der Waals surface area contributed by atoms with Crippen molar-refractivity contribution in [2.45, 2.75) is 58.1 Å². The second-order valence-electron chi connectivity index (χ2n) is 5.23. The first-order valence-corrected chi connectivity index (χ1v) is 6.35. The summed E-state index contributed by atoms with van der Waals surface area (Å²) in [6.45, 7) is 5.27. The lowest BCUT2D eigenvalue weighted by Gasteiger charge is -2.35. The molecule has 2 unspecified atom stereocenters. The summed E-state index contributed by atoms with van der Waals surface area (Å²) in [5, 5.41) is 10.6. The van der Waals surface area contributed by atoms with Crippen LogP contribution in [0, 0.1) is 5.92 Å². The number of nitrogens with zero attached hydrogens (tertiary/aromatic N) is 2. The molecule has 16 heavy (non-hydrogen) atoms. The van der Waals surface area contributed by atoms with Crippen molar-refractivity contribution in [1.29, 1.82) is 0 Å². The minimum absolute atomic E-state index is 0.518. The minimum atomic E-state index is -0.518. The van der Waals surface area contributed by atoms with E-state index in [9.17, 15) is 5.11 Å². The molecule has 1 saturated carbocycles. The summed E-state index contributed by atoms with van der Waals surface area (Å²) in [6, 6.07) is 0. The van der Waals surface area contributed by atoms with Gasteiger partial charge in [0.2, 0.25) is 0 Å². The van der Waals surface area contributed by atoms with Crippen LogP contribution in [0.5, 0.6) is 0 Å². The highest BCUT2D eigenvalue weighted by Gasteiger charge is 2.33. The van der Waals surface area contributed by atoms with Gasteiger partial charge in [0.15, 0.2) is 0 Å². The number of hydrogen-bond donors (Lipinski definition) is 1. The first-order chi connectivity index (χ1) is 7.63. The third kappa shape index (κ3) is 2.46. The van der Waals surface area contributed by atoms with Crippen LogP contribution in [0.25, 0.3) is 0 Å². The first-order valence-electron chi connectivity index (χ1n) is 6.35. The van der Waals surface area contributed by atoms with Crippen molar-refractivity contribution in [2.75, 3.05) is 0 Å². The van der Waals surface area contributed by atoms with E-state index in [4.69, 9.17) is 0 Å². The molecule has 1 heterocycles. The van der Waals surface area contributed by atoms with Crippen LogP contribution in [0.4, 0.5) is 0 Å². The van der Waals surface area contributed by atoms with Crippen LogP contribution in [0.2, 0.25) is 0 Å². The maximum Gasteiger partial charge on any atom is 0.111 e. The van der Waals surface area contributed by atoms with Crippen LogP contribution < -0.4 is 0 Å². The molecule has 2 rings (SSSR count). The van der Waals surface area contributed by atoms with Crippen LogP contribution in [0.3, 0.4) is 0 Å². The zero-order valence-corrected chi connectivity index (χ0v) is 10.3. The van der Waals surface area contributed by atoms with E-state index in [1.54, 1.807) is 0 Å². The number of aliphatic hydroxyl groups is 1. The zero-order valence-electron chi connectivity index (χ0n) is 10.3. The van der Waals surface area contributed by atoms with Gasteiger partial charge in [-0.25, -0.2) is 4.98 Å². The van der Waals surface area contributed by atoms with Crippen LogP contribution >= 0.6 is 0 Å². The molecule has 90 valence electrons. The Kier molecular flexibility index (Phi) is 3.33. The van der Waals surface area contributed by atoms with E-state index < -0.39 is 5.60 Å². The maximum atomic E-state index is 10.6. The third-order valence-corrected chi connectivity index (χ3v) is 3.70. The van der Waals surface area contributed by atoms with Crippen molar-refractivity contribution in [3.8, 4) is 0 Å². The van der Waals surface area contributed by atoms with Crippen LogP contribution in [-0.4, -0.2) is 20.3 Å². The molecule has 1 aliphatic rings. The topological polar surface area (TPSA) is 38.0 Å². The average molecular weight is 222 g/mol. The Morgan fingerprint density at radius 2 is 2.44 bits per heavy atom. The van der Waals surface area contributed by atoms with Gasteiger partial charge in [0, 0.05) is 25.4 Å². The molecular formula is C13H22N2O. The quantitative estimate of drug-likeness (QED) is 0.852. The Morgan fingerprint density at radius 1 is 1.62 bits per heavy atom. The Bertz CT molecular complexity index is 347. The molecule has 1 aliphatic carbocycles. The first kappa shape index (κ1) is 11.6. The van der Waals surface area contributed by atoms with Crippen molar-refractivity contribution in [3.63, 3.8) is 0 Å². The number of imidazole rings is 1. The molecule has 0 saturated heterocycles. The summed E-state index contributed by atoms with van der Waals surface area (Å²) >= 11 is 0. The van der Waals surface area contributed by atoms with Crippen LogP contribution in [0.15, 0.2) is 12.4 Å². The van der Waals surface area contributed by atoms with E-state index in [1.165, 1.54) is 6.42 Å². The molecule has 2 atom stereocenters. The molecule has 0 bridgehead atoms. The Hall–Kier alpha value is -0.830. The van der Waals surface area contributed by atoms with Gasteiger partial charge >= 0.3 is 0 Å². The van der Waals surface area contributed by atoms with E-state index in [2.05, 4.69) is 23.4 Å². The van der Waals surface area contributed by atoms with Gasteiger partial charge in [0.25, 0.3) is 0 Å². The highest BCUT2D eigenvalue weighted by Crippen LogP contribution is 2.34. The second-order valence-corrected chi connectivity index (χ2v) is 5.23. The van der Waals surface area contributed by atoms with E-state index in [-0.39, 0.29) is 0 Å². The summed E-state index contributed by atoms with van der Waals surface area (Å²) in [5.41, 5.74) is -0.518. The molecule has 0 aromatic carbocycles. The second kappa shape index (κ2) is 4.58. The summed E-state index contributed by atoms with van der Waals surface area (Å²) < 4.78 is 2.12. The van der Waals surface area contributed by atoms with Crippen molar-refractivity contribution >= 4 is 0 Å². The lowest BCUT2D eigenvalue weighted by atomic mass is 9.77. The number of rotatable bonds is 3. The largest absolute Gasteiger partial charge is 0.389 e. The average Bonchev–Trinajstić information content (AvgIpc) is 2.63. The molecule has 0 spiro atoms. The molecule has 1 fully saturated rings. The minimum Gasteiger partial charge on any atom is -0.389 e. The number of aryl methyl sites for hydroxylation is 1. The van der Waals surface area contributed by atoms with E-state index in [0.29, 0.717) is 12.3 Å². The van der Waals surface area contributed by atoms with Crippen molar-refractivity contribution in [3.05, 3.63) is 18.2 Å². The monoisotopic (exact) mass is 222 g/mol. The summed E-state index contributed by atoms with van der Waals surface area (Å²) in [4.78, 5) is 4.35. The zero-order chi connectivity index (χ0) is 11.6. The Labute approximate surface area is 97.5 Å². The van der Waals surface area contributed by atoms with Gasteiger partial charge in [-0.2, -0.15) is 0 Å². The molecular weight excluding hydrogens is 200 g/mol. The molecule has 3 nitrogen and oxygen atoms in total. The molecule has 0 aliphatic heterocycles. The molecule has 1 aromatic heterocycles. The SMILES string of the molecule is CCn1ccnc1CC1(O)CCCC(C)C1. The Morgan fingerprint density at radius 3 is 3.12 bits per heavy atom. The maximum absolute atomic E-state index is 10.6. The molecule has 1 aromatic rings. The van der Waals surface area contributed by atoms with Gasteiger partial charge in [-0.15, -0.1) is 0 Å². The fourth-order valence-corrected chi connectivity index (χ4v) is 2.88. The van der Waals surface area contributed by atoms with E-state index in [1.807, 2.05) is 12.4 Å². The van der Waals surface area contributed by atoms with E-state index in [0.717, 1.165) is 31.6 Å². The molecule has 3 heteroatoms. The normalized spacial score (nSPS) is 30.6. The van der Waals surface area contributed by atoms with Gasteiger partial charge in [0.05, 0.1) is 5.60 Å². The summed E-state index contributed by atoms with van der Waals surface area (Å²) in [5.74, 6) is 1.67. The predicted molar refractivity (Wildman–Crippen MR) is 64.2 cm³/mol. The highest BCUT2D eigenvalue weighted by molar-refractivity contribution is 5.00. The van der Waals surface area contributed by atoms with E-state index >= 15 is 0 Å². The predicted octanol–water partition coefficient (Wildman–Crippen LogP) is 2.39. The highest BCUT2D eigenvalue weighted by atomic mass is 16.3. The number of aromatic nitrogens is 2. The molecule has 1 N–H and O–H groups in total. The van der Waals surface area contributed by atoms with Gasteiger partial charge in [-0.05, 0) is 25.7 Å². The van der Waals surface area contributed by atoms with Crippen molar-refractivity contribution < 1.29 is 5.11 Å². The van der Waals surface area contributed by atoms with Crippen molar-refractivity contribution in [1.82, 2.24) is 9.55 Å². The smallest absolute Gasteiger partial charge is 0.111 e. The molecule has 0 amide bonds. The van der Waals surface area contributed by atoms with Gasteiger partial charge in [0.1, 0.15) is 5.82 Å². The van der Waals surface area contributed by atoms with Crippen LogP contribution in [0.1, 0.15) is 45.4 Å². The van der Waals surface area contributed by atoms with Gasteiger partial charge in [-0.1, -0.05) is 19.8 Å².